The van der Waals surface area contributed by atoms with E-state index in [0.29, 0.717) is 19.0 Å². The standard InChI is InChI=1S/C14H21N5O/c1-4-15-13-9-11(12-7-8-16-19(12)5-2)17-14(18-13)10-20-6-3/h7-9H,4-6,10H2,1-3H3,(H,15,17,18). The molecule has 6 nitrogen and oxygen atoms in total. The number of hydrogen-bond donors (Lipinski definition) is 1. The highest BCUT2D eigenvalue weighted by Crippen LogP contribution is 2.20. The summed E-state index contributed by atoms with van der Waals surface area (Å²) >= 11 is 0. The molecule has 2 heterocycles. The van der Waals surface area contributed by atoms with Gasteiger partial charge in [0, 0.05) is 32.0 Å². The number of ether oxygens (including phenoxy) is 1. The monoisotopic (exact) mass is 275 g/mol. The molecule has 1 N–H and O–H groups in total. The lowest BCUT2D eigenvalue weighted by atomic mass is 10.3. The highest BCUT2D eigenvalue weighted by atomic mass is 16.5. The summed E-state index contributed by atoms with van der Waals surface area (Å²) in [7, 11) is 0. The van der Waals surface area contributed by atoms with Crippen molar-refractivity contribution in [3.8, 4) is 11.4 Å². The molecule has 2 aromatic heterocycles. The van der Waals surface area contributed by atoms with Crippen LogP contribution in [-0.2, 0) is 17.9 Å². The zero-order valence-corrected chi connectivity index (χ0v) is 12.3. The van der Waals surface area contributed by atoms with Crippen LogP contribution in [0.15, 0.2) is 18.3 Å². The summed E-state index contributed by atoms with van der Waals surface area (Å²) in [5.74, 6) is 1.50. The Bertz CT molecular complexity index is 552. The molecule has 0 aliphatic carbocycles. The lowest BCUT2D eigenvalue weighted by Gasteiger charge is -2.10. The van der Waals surface area contributed by atoms with Gasteiger partial charge in [0.1, 0.15) is 12.4 Å². The molecule has 0 unspecified atom stereocenters. The van der Waals surface area contributed by atoms with Crippen LogP contribution in [0.4, 0.5) is 5.82 Å². The number of nitrogens with one attached hydrogen (secondary N) is 1. The highest BCUT2D eigenvalue weighted by Gasteiger charge is 2.10. The van der Waals surface area contributed by atoms with Crippen LogP contribution in [-0.4, -0.2) is 32.9 Å². The Hall–Kier alpha value is -1.95. The van der Waals surface area contributed by atoms with Gasteiger partial charge in [-0.15, -0.1) is 0 Å². The van der Waals surface area contributed by atoms with Gasteiger partial charge in [-0.3, -0.25) is 4.68 Å². The zero-order chi connectivity index (χ0) is 14.4. The lowest BCUT2D eigenvalue weighted by Crippen LogP contribution is -2.08. The molecule has 0 amide bonds. The summed E-state index contributed by atoms with van der Waals surface area (Å²) in [5, 5.41) is 7.51. The second kappa shape index (κ2) is 7.00. The van der Waals surface area contributed by atoms with E-state index in [2.05, 4.69) is 27.3 Å². The van der Waals surface area contributed by atoms with Gasteiger partial charge in [-0.25, -0.2) is 9.97 Å². The van der Waals surface area contributed by atoms with E-state index in [0.717, 1.165) is 30.3 Å². The largest absolute Gasteiger partial charge is 0.374 e. The first-order valence-electron chi connectivity index (χ1n) is 7.00. The maximum atomic E-state index is 5.41. The van der Waals surface area contributed by atoms with Crippen molar-refractivity contribution in [1.29, 1.82) is 0 Å². The van der Waals surface area contributed by atoms with Gasteiger partial charge in [-0.1, -0.05) is 0 Å². The smallest absolute Gasteiger partial charge is 0.157 e. The minimum atomic E-state index is 0.420. The van der Waals surface area contributed by atoms with E-state index in [1.54, 1.807) is 6.20 Å². The molecule has 6 heteroatoms. The fraction of sp³-hybridized carbons (Fsp3) is 0.500. The molecule has 0 aliphatic heterocycles. The molecule has 0 saturated heterocycles. The van der Waals surface area contributed by atoms with Gasteiger partial charge in [-0.2, -0.15) is 5.10 Å². The van der Waals surface area contributed by atoms with Gasteiger partial charge in [0.15, 0.2) is 5.82 Å². The normalized spacial score (nSPS) is 10.8. The molecular formula is C14H21N5O. The van der Waals surface area contributed by atoms with Crippen molar-refractivity contribution in [2.45, 2.75) is 33.9 Å². The SMILES string of the molecule is CCNc1cc(-c2ccnn2CC)nc(COCC)n1. The predicted molar refractivity (Wildman–Crippen MR) is 78.4 cm³/mol. The van der Waals surface area contributed by atoms with Crippen molar-refractivity contribution in [3.63, 3.8) is 0 Å². The molecule has 0 aromatic carbocycles. The van der Waals surface area contributed by atoms with Crippen molar-refractivity contribution in [1.82, 2.24) is 19.7 Å². The van der Waals surface area contributed by atoms with Crippen molar-refractivity contribution in [2.75, 3.05) is 18.5 Å². The summed E-state index contributed by atoms with van der Waals surface area (Å²) in [4.78, 5) is 9.02. The second-order valence-corrected chi connectivity index (χ2v) is 4.25. The van der Waals surface area contributed by atoms with Crippen LogP contribution in [0.25, 0.3) is 11.4 Å². The Morgan fingerprint density at radius 1 is 1.25 bits per heavy atom. The molecule has 0 saturated carbocycles. The minimum absolute atomic E-state index is 0.420. The van der Waals surface area contributed by atoms with E-state index in [1.807, 2.05) is 30.7 Å². The molecule has 0 fully saturated rings. The van der Waals surface area contributed by atoms with Crippen LogP contribution < -0.4 is 5.32 Å². The predicted octanol–water partition coefficient (Wildman–Crippen LogP) is 2.33. The Labute approximate surface area is 119 Å². The first-order valence-corrected chi connectivity index (χ1v) is 7.00. The van der Waals surface area contributed by atoms with Crippen LogP contribution in [0.3, 0.4) is 0 Å². The zero-order valence-electron chi connectivity index (χ0n) is 12.3. The Kier molecular flexibility index (Phi) is 5.06. The lowest BCUT2D eigenvalue weighted by molar-refractivity contribution is 0.128. The highest BCUT2D eigenvalue weighted by molar-refractivity contribution is 5.58. The minimum Gasteiger partial charge on any atom is -0.374 e. The molecule has 0 radical (unpaired) electrons. The number of hydrogen-bond acceptors (Lipinski definition) is 5. The quantitative estimate of drug-likeness (QED) is 0.840. The third kappa shape index (κ3) is 3.33. The molecule has 0 aliphatic rings. The first kappa shape index (κ1) is 14.5. The van der Waals surface area contributed by atoms with E-state index in [9.17, 15) is 0 Å². The molecular weight excluding hydrogens is 254 g/mol. The fourth-order valence-corrected chi connectivity index (χ4v) is 1.96. The molecule has 2 rings (SSSR count). The number of rotatable bonds is 7. The van der Waals surface area contributed by atoms with Crippen LogP contribution in [0.1, 0.15) is 26.6 Å². The van der Waals surface area contributed by atoms with Crippen LogP contribution >= 0.6 is 0 Å². The summed E-state index contributed by atoms with van der Waals surface area (Å²) in [6, 6.07) is 3.91. The van der Waals surface area contributed by atoms with Gasteiger partial charge in [0.2, 0.25) is 0 Å². The third-order valence-electron chi connectivity index (χ3n) is 2.84. The van der Waals surface area contributed by atoms with E-state index in [4.69, 9.17) is 4.74 Å². The maximum Gasteiger partial charge on any atom is 0.157 e. The summed E-state index contributed by atoms with van der Waals surface area (Å²) in [5.41, 5.74) is 1.86. The van der Waals surface area contributed by atoms with E-state index in [-0.39, 0.29) is 0 Å². The summed E-state index contributed by atoms with van der Waals surface area (Å²) < 4.78 is 7.33. The Balaban J connectivity index is 2.38. The second-order valence-electron chi connectivity index (χ2n) is 4.25. The molecule has 0 atom stereocenters. The van der Waals surface area contributed by atoms with E-state index >= 15 is 0 Å². The van der Waals surface area contributed by atoms with Crippen molar-refractivity contribution in [2.24, 2.45) is 0 Å². The first-order chi connectivity index (χ1) is 9.78. The number of nitrogens with zero attached hydrogens (tertiary/aromatic N) is 4. The van der Waals surface area contributed by atoms with Gasteiger partial charge >= 0.3 is 0 Å². The van der Waals surface area contributed by atoms with E-state index < -0.39 is 0 Å². The van der Waals surface area contributed by atoms with Crippen molar-refractivity contribution < 1.29 is 4.74 Å². The van der Waals surface area contributed by atoms with Crippen LogP contribution in [0.5, 0.6) is 0 Å². The summed E-state index contributed by atoms with van der Waals surface area (Å²) in [6.07, 6.45) is 1.79. The number of aryl methyl sites for hydroxylation is 1. The number of anilines is 1. The van der Waals surface area contributed by atoms with Gasteiger partial charge < -0.3 is 10.1 Å². The van der Waals surface area contributed by atoms with Gasteiger partial charge in [0.25, 0.3) is 0 Å². The molecule has 20 heavy (non-hydrogen) atoms. The molecule has 0 spiro atoms. The Morgan fingerprint density at radius 3 is 2.80 bits per heavy atom. The van der Waals surface area contributed by atoms with Crippen molar-refractivity contribution >= 4 is 5.82 Å². The average Bonchev–Trinajstić information content (AvgIpc) is 2.93. The summed E-state index contributed by atoms with van der Waals surface area (Å²) in [6.45, 7) is 8.76. The molecule has 2 aromatic rings. The fourth-order valence-electron chi connectivity index (χ4n) is 1.96. The number of aromatic nitrogens is 4. The van der Waals surface area contributed by atoms with Gasteiger partial charge in [-0.05, 0) is 26.8 Å². The maximum absolute atomic E-state index is 5.41. The van der Waals surface area contributed by atoms with Crippen molar-refractivity contribution in [3.05, 3.63) is 24.2 Å². The van der Waals surface area contributed by atoms with E-state index in [1.165, 1.54) is 0 Å². The Morgan fingerprint density at radius 2 is 2.10 bits per heavy atom. The van der Waals surface area contributed by atoms with Gasteiger partial charge in [0.05, 0.1) is 11.4 Å². The molecule has 0 bridgehead atoms. The molecule has 108 valence electrons. The topological polar surface area (TPSA) is 64.9 Å². The third-order valence-corrected chi connectivity index (χ3v) is 2.84. The average molecular weight is 275 g/mol. The van der Waals surface area contributed by atoms with Crippen LogP contribution in [0, 0.1) is 0 Å². The van der Waals surface area contributed by atoms with Crippen LogP contribution in [0.2, 0.25) is 0 Å².